The summed E-state index contributed by atoms with van der Waals surface area (Å²) >= 11 is 0. The number of hydrogen-bond donors (Lipinski definition) is 1. The molecule has 4 nitrogen and oxygen atoms in total. The van der Waals surface area contributed by atoms with Gasteiger partial charge in [-0.25, -0.2) is 0 Å². The molecule has 0 radical (unpaired) electrons. The van der Waals surface area contributed by atoms with E-state index in [1.807, 2.05) is 0 Å². The lowest BCUT2D eigenvalue weighted by Gasteiger charge is -2.06. The molecule has 1 aromatic carbocycles. The van der Waals surface area contributed by atoms with E-state index in [0.717, 1.165) is 6.42 Å². The molecule has 0 aliphatic rings. The molecule has 2 amide bonds. The normalized spacial score (nSPS) is 10.7. The molecular weight excluding hydrogens is 242 g/mol. The molecule has 0 saturated heterocycles. The second kappa shape index (κ2) is 7.36. The van der Waals surface area contributed by atoms with Crippen LogP contribution in [-0.2, 0) is 4.79 Å². The Hall–Kier alpha value is -2.10. The summed E-state index contributed by atoms with van der Waals surface area (Å²) < 4.78 is 5.07. The highest BCUT2D eigenvalue weighted by molar-refractivity contribution is 6.09. The summed E-state index contributed by atoms with van der Waals surface area (Å²) in [5.41, 5.74) is 0.343. The highest BCUT2D eigenvalue weighted by atomic mass is 16.5. The van der Waals surface area contributed by atoms with Crippen molar-refractivity contribution in [3.63, 3.8) is 0 Å². The molecule has 1 aromatic rings. The molecule has 0 aliphatic heterocycles. The molecule has 0 aliphatic carbocycles. The third-order valence-electron chi connectivity index (χ3n) is 2.47. The number of amides is 2. The zero-order chi connectivity index (χ0) is 14.3. The zero-order valence-electron chi connectivity index (χ0n) is 11.5. The van der Waals surface area contributed by atoms with E-state index in [2.05, 4.69) is 19.2 Å². The molecule has 0 spiro atoms. The summed E-state index contributed by atoms with van der Waals surface area (Å²) in [7, 11) is 1.48. The molecule has 0 bridgehead atoms. The van der Waals surface area contributed by atoms with Gasteiger partial charge in [-0.05, 0) is 30.5 Å². The molecule has 19 heavy (non-hydrogen) atoms. The minimum Gasteiger partial charge on any atom is -0.496 e. The lowest BCUT2D eigenvalue weighted by atomic mass is 10.1. The van der Waals surface area contributed by atoms with Crippen molar-refractivity contribution in [1.82, 2.24) is 5.32 Å². The molecule has 0 heterocycles. The van der Waals surface area contributed by atoms with E-state index in [4.69, 9.17) is 4.74 Å². The number of rotatable bonds is 5. The summed E-state index contributed by atoms with van der Waals surface area (Å²) in [4.78, 5) is 23.4. The quantitative estimate of drug-likeness (QED) is 0.829. The van der Waals surface area contributed by atoms with E-state index in [1.54, 1.807) is 30.3 Å². The zero-order valence-corrected chi connectivity index (χ0v) is 11.5. The maximum atomic E-state index is 11.9. The first-order valence-corrected chi connectivity index (χ1v) is 6.19. The van der Waals surface area contributed by atoms with Crippen molar-refractivity contribution in [2.45, 2.75) is 20.3 Å². The summed E-state index contributed by atoms with van der Waals surface area (Å²) in [6.07, 6.45) is 3.94. The Labute approximate surface area is 113 Å². The van der Waals surface area contributed by atoms with Gasteiger partial charge < -0.3 is 4.74 Å². The Kier molecular flexibility index (Phi) is 5.79. The molecule has 0 aromatic heterocycles. The largest absolute Gasteiger partial charge is 0.496 e. The minimum absolute atomic E-state index is 0.343. The van der Waals surface area contributed by atoms with E-state index in [1.165, 1.54) is 13.2 Å². The summed E-state index contributed by atoms with van der Waals surface area (Å²) in [5, 5.41) is 2.30. The molecule has 1 rings (SSSR count). The van der Waals surface area contributed by atoms with Crippen LogP contribution in [0.1, 0.15) is 30.6 Å². The molecule has 0 fully saturated rings. The van der Waals surface area contributed by atoms with E-state index >= 15 is 0 Å². The van der Waals surface area contributed by atoms with Gasteiger partial charge in [-0.15, -0.1) is 0 Å². The smallest absolute Gasteiger partial charge is 0.261 e. The second-order valence-electron chi connectivity index (χ2n) is 4.55. The Bertz CT molecular complexity index is 478. The number of nitrogens with one attached hydrogen (secondary N) is 1. The number of carbonyl (C=O) groups is 2. The van der Waals surface area contributed by atoms with E-state index in [9.17, 15) is 9.59 Å². The van der Waals surface area contributed by atoms with Crippen LogP contribution >= 0.6 is 0 Å². The number of methoxy groups -OCH3 is 1. The molecule has 102 valence electrons. The highest BCUT2D eigenvalue weighted by Crippen LogP contribution is 2.16. The molecule has 0 saturated carbocycles. The van der Waals surface area contributed by atoms with Crippen LogP contribution in [0.25, 0.3) is 0 Å². The molecule has 0 unspecified atom stereocenters. The fraction of sp³-hybridized carbons (Fsp3) is 0.333. The number of allylic oxidation sites excluding steroid dienone is 1. The van der Waals surface area contributed by atoms with Crippen LogP contribution in [0.5, 0.6) is 5.75 Å². The number of ether oxygens (including phenoxy) is 1. The number of benzene rings is 1. The van der Waals surface area contributed by atoms with Crippen LogP contribution in [0.15, 0.2) is 36.4 Å². The van der Waals surface area contributed by atoms with Crippen molar-refractivity contribution in [2.75, 3.05) is 7.11 Å². The standard InChI is InChI=1S/C15H19NO3/c1-11(2)7-6-10-14(17)16-15(18)12-8-4-5-9-13(12)19-3/h4-6,8-11H,7H2,1-3H3,(H,16,17,18)/b10-6+. The topological polar surface area (TPSA) is 55.4 Å². The monoisotopic (exact) mass is 261 g/mol. The lowest BCUT2D eigenvalue weighted by molar-refractivity contribution is -0.115. The third kappa shape index (κ3) is 4.95. The van der Waals surface area contributed by atoms with Crippen molar-refractivity contribution in [2.24, 2.45) is 5.92 Å². The van der Waals surface area contributed by atoms with Crippen molar-refractivity contribution in [3.8, 4) is 5.75 Å². The maximum absolute atomic E-state index is 11.9. The summed E-state index contributed by atoms with van der Waals surface area (Å²) in [6.45, 7) is 4.12. The fourth-order valence-electron chi connectivity index (χ4n) is 1.50. The van der Waals surface area contributed by atoms with Gasteiger partial charge in [-0.2, -0.15) is 0 Å². The SMILES string of the molecule is COc1ccccc1C(=O)NC(=O)/C=C/CC(C)C. The van der Waals surface area contributed by atoms with E-state index in [0.29, 0.717) is 17.2 Å². The van der Waals surface area contributed by atoms with Gasteiger partial charge in [0, 0.05) is 0 Å². The van der Waals surface area contributed by atoms with Gasteiger partial charge in [-0.1, -0.05) is 32.1 Å². The minimum atomic E-state index is -0.461. The Morgan fingerprint density at radius 3 is 2.63 bits per heavy atom. The van der Waals surface area contributed by atoms with Crippen molar-refractivity contribution in [1.29, 1.82) is 0 Å². The lowest BCUT2D eigenvalue weighted by Crippen LogP contribution is -2.29. The van der Waals surface area contributed by atoms with Gasteiger partial charge in [-0.3, -0.25) is 14.9 Å². The Morgan fingerprint density at radius 1 is 1.32 bits per heavy atom. The van der Waals surface area contributed by atoms with Crippen LogP contribution < -0.4 is 10.1 Å². The highest BCUT2D eigenvalue weighted by Gasteiger charge is 2.12. The van der Waals surface area contributed by atoms with Crippen LogP contribution in [0.4, 0.5) is 0 Å². The maximum Gasteiger partial charge on any atom is 0.261 e. The van der Waals surface area contributed by atoms with Gasteiger partial charge in [0.15, 0.2) is 0 Å². The predicted octanol–water partition coefficient (Wildman–Crippen LogP) is 2.55. The Morgan fingerprint density at radius 2 is 2.00 bits per heavy atom. The van der Waals surface area contributed by atoms with Crippen molar-refractivity contribution < 1.29 is 14.3 Å². The first kappa shape index (κ1) is 15.0. The molecule has 0 atom stereocenters. The molecular formula is C15H19NO3. The van der Waals surface area contributed by atoms with Crippen LogP contribution in [0.2, 0.25) is 0 Å². The fourth-order valence-corrected chi connectivity index (χ4v) is 1.50. The van der Waals surface area contributed by atoms with Crippen molar-refractivity contribution in [3.05, 3.63) is 42.0 Å². The van der Waals surface area contributed by atoms with E-state index in [-0.39, 0.29) is 0 Å². The number of imide groups is 1. The predicted molar refractivity (Wildman–Crippen MR) is 74.1 cm³/mol. The average molecular weight is 261 g/mol. The number of para-hydroxylation sites is 1. The molecule has 4 heteroatoms. The first-order valence-electron chi connectivity index (χ1n) is 6.19. The number of carbonyl (C=O) groups excluding carboxylic acids is 2. The third-order valence-corrected chi connectivity index (χ3v) is 2.47. The number of hydrogen-bond acceptors (Lipinski definition) is 3. The van der Waals surface area contributed by atoms with Gasteiger partial charge in [0.1, 0.15) is 5.75 Å². The van der Waals surface area contributed by atoms with Gasteiger partial charge in [0.05, 0.1) is 12.7 Å². The first-order chi connectivity index (χ1) is 9.04. The van der Waals surface area contributed by atoms with Crippen LogP contribution in [0, 0.1) is 5.92 Å². The van der Waals surface area contributed by atoms with Crippen molar-refractivity contribution >= 4 is 11.8 Å². The summed E-state index contributed by atoms with van der Waals surface area (Å²) in [5.74, 6) is 0.0427. The average Bonchev–Trinajstić information content (AvgIpc) is 2.38. The van der Waals surface area contributed by atoms with Crippen LogP contribution in [-0.4, -0.2) is 18.9 Å². The van der Waals surface area contributed by atoms with Gasteiger partial charge >= 0.3 is 0 Å². The van der Waals surface area contributed by atoms with Gasteiger partial charge in [0.25, 0.3) is 5.91 Å². The second-order valence-corrected chi connectivity index (χ2v) is 4.55. The summed E-state index contributed by atoms with van der Waals surface area (Å²) in [6, 6.07) is 6.77. The van der Waals surface area contributed by atoms with Crippen LogP contribution in [0.3, 0.4) is 0 Å². The Balaban J connectivity index is 2.64. The van der Waals surface area contributed by atoms with E-state index < -0.39 is 11.8 Å². The molecule has 1 N–H and O–H groups in total. The van der Waals surface area contributed by atoms with Gasteiger partial charge in [0.2, 0.25) is 5.91 Å².